The number of allylic oxidation sites excluding steroid dienone is 18. The first-order valence-electron chi connectivity index (χ1n) is 6.41. The Balaban J connectivity index is 3.86. The first-order chi connectivity index (χ1) is 9.91. The molecule has 0 aliphatic carbocycles. The van der Waals surface area contributed by atoms with Gasteiger partial charge in [0.15, 0.2) is 0 Å². The summed E-state index contributed by atoms with van der Waals surface area (Å²) in [7, 11) is 0. The third-order valence-electron chi connectivity index (χ3n) is 1.91. The van der Waals surface area contributed by atoms with Gasteiger partial charge in [0.1, 0.15) is 0 Å². The van der Waals surface area contributed by atoms with Crippen LogP contribution < -0.4 is 0 Å². The van der Waals surface area contributed by atoms with Gasteiger partial charge < -0.3 is 0 Å². The Morgan fingerprint density at radius 2 is 0.650 bits per heavy atom. The number of hydrogen-bond acceptors (Lipinski definition) is 0. The fraction of sp³-hybridized carbons (Fsp3) is 0. The van der Waals surface area contributed by atoms with E-state index in [2.05, 4.69) is 6.58 Å². The largest absolute Gasteiger partial charge is 0.0991 e. The summed E-state index contributed by atoms with van der Waals surface area (Å²) in [6, 6.07) is 0. The standard InChI is InChI=1S/C20H21/c1-3-5-7-9-11-13-15-17-19-20-18-16-14-12-10-8-6-4-2/h1,3-20H,2H2/b3-1?,7-5+,8-6+,11-9+,12-10+,15-13+,16-14+,19-17+,20-18+. The first kappa shape index (κ1) is 17.4. The average molecular weight is 261 g/mol. The van der Waals surface area contributed by atoms with Gasteiger partial charge >= 0.3 is 0 Å². The lowest BCUT2D eigenvalue weighted by atomic mass is 10.3. The highest BCUT2D eigenvalue weighted by atomic mass is 13.7. The van der Waals surface area contributed by atoms with Crippen LogP contribution in [0.1, 0.15) is 0 Å². The molecule has 0 unspecified atom stereocenters. The molecule has 0 aromatic carbocycles. The quantitative estimate of drug-likeness (QED) is 0.473. The monoisotopic (exact) mass is 261 g/mol. The van der Waals surface area contributed by atoms with Crippen molar-refractivity contribution in [2.45, 2.75) is 0 Å². The van der Waals surface area contributed by atoms with Gasteiger partial charge in [-0.1, -0.05) is 123 Å². The van der Waals surface area contributed by atoms with Gasteiger partial charge in [-0.3, -0.25) is 0 Å². The molecule has 101 valence electrons. The molecule has 0 atom stereocenters. The van der Waals surface area contributed by atoms with Crippen LogP contribution in [0, 0.1) is 6.58 Å². The van der Waals surface area contributed by atoms with Crippen LogP contribution in [0.15, 0.2) is 116 Å². The van der Waals surface area contributed by atoms with Gasteiger partial charge in [-0.15, -0.1) is 0 Å². The summed E-state index contributed by atoms with van der Waals surface area (Å²) in [6.45, 7) is 8.78. The Hall–Kier alpha value is -2.60. The fourth-order valence-corrected chi connectivity index (χ4v) is 1.04. The minimum absolute atomic E-state index is 1.50. The summed E-state index contributed by atoms with van der Waals surface area (Å²) in [4.78, 5) is 0. The van der Waals surface area contributed by atoms with Crippen LogP contribution in [0.4, 0.5) is 0 Å². The van der Waals surface area contributed by atoms with Crippen LogP contribution in [0.2, 0.25) is 0 Å². The van der Waals surface area contributed by atoms with E-state index in [4.69, 9.17) is 6.58 Å². The summed E-state index contributed by atoms with van der Waals surface area (Å²) < 4.78 is 0. The van der Waals surface area contributed by atoms with Gasteiger partial charge in [0.05, 0.1) is 0 Å². The van der Waals surface area contributed by atoms with E-state index in [0.717, 1.165) is 0 Å². The Morgan fingerprint density at radius 1 is 0.400 bits per heavy atom. The molecule has 20 heavy (non-hydrogen) atoms. The molecule has 0 rings (SSSR count). The molecule has 1 radical (unpaired) electrons. The van der Waals surface area contributed by atoms with Crippen molar-refractivity contribution in [3.05, 3.63) is 123 Å². The van der Waals surface area contributed by atoms with Crippen molar-refractivity contribution >= 4 is 0 Å². The van der Waals surface area contributed by atoms with Gasteiger partial charge in [-0.2, -0.15) is 0 Å². The number of hydrogen-bond donors (Lipinski definition) is 0. The van der Waals surface area contributed by atoms with Crippen molar-refractivity contribution in [2.24, 2.45) is 0 Å². The molecule has 0 aromatic rings. The lowest BCUT2D eigenvalue weighted by Crippen LogP contribution is -1.53. The molecule has 0 bridgehead atoms. The highest BCUT2D eigenvalue weighted by molar-refractivity contribution is 5.21. The third kappa shape index (κ3) is 15.4. The molecular formula is C20H21. The molecule has 0 aliphatic heterocycles. The maximum atomic E-state index is 5.19. The fourth-order valence-electron chi connectivity index (χ4n) is 1.04. The molecule has 0 heteroatoms. The molecule has 0 saturated heterocycles. The molecule has 0 aromatic heterocycles. The molecule has 0 heterocycles. The maximum absolute atomic E-state index is 5.19. The van der Waals surface area contributed by atoms with Crippen molar-refractivity contribution in [1.29, 1.82) is 0 Å². The van der Waals surface area contributed by atoms with E-state index in [1.807, 2.05) is 91.1 Å². The third-order valence-corrected chi connectivity index (χ3v) is 1.91. The van der Waals surface area contributed by atoms with Crippen molar-refractivity contribution < 1.29 is 0 Å². The predicted octanol–water partition coefficient (Wildman–Crippen LogP) is 5.61. The zero-order valence-corrected chi connectivity index (χ0v) is 11.7. The van der Waals surface area contributed by atoms with Crippen LogP contribution in [0.25, 0.3) is 0 Å². The second-order valence-electron chi connectivity index (χ2n) is 3.51. The molecule has 0 nitrogen and oxygen atoms in total. The summed E-state index contributed by atoms with van der Waals surface area (Å²) in [5, 5.41) is 0. The topological polar surface area (TPSA) is 0 Å². The average Bonchev–Trinajstić information content (AvgIpc) is 2.47. The van der Waals surface area contributed by atoms with Crippen LogP contribution in [0.5, 0.6) is 0 Å². The minimum atomic E-state index is 1.50. The van der Waals surface area contributed by atoms with Crippen molar-refractivity contribution in [2.75, 3.05) is 0 Å². The summed E-state index contributed by atoms with van der Waals surface area (Å²) >= 11 is 0. The molecular weight excluding hydrogens is 240 g/mol. The first-order valence-corrected chi connectivity index (χ1v) is 6.41. The van der Waals surface area contributed by atoms with E-state index in [9.17, 15) is 0 Å². The SMILES string of the molecule is [CH]=C/C=C/C=C/C=C/C=C/C=C/C=C/C=C/C=C/C=C. The predicted molar refractivity (Wildman–Crippen MR) is 92.2 cm³/mol. The molecule has 0 saturated carbocycles. The molecule has 0 amide bonds. The van der Waals surface area contributed by atoms with Crippen LogP contribution in [-0.4, -0.2) is 0 Å². The van der Waals surface area contributed by atoms with Gasteiger partial charge in [0.25, 0.3) is 0 Å². The van der Waals surface area contributed by atoms with Crippen molar-refractivity contribution in [3.8, 4) is 0 Å². The van der Waals surface area contributed by atoms with Gasteiger partial charge in [0.2, 0.25) is 0 Å². The summed E-state index contributed by atoms with van der Waals surface area (Å²) in [5.41, 5.74) is 0. The summed E-state index contributed by atoms with van der Waals surface area (Å²) in [5.74, 6) is 0. The summed E-state index contributed by atoms with van der Waals surface area (Å²) in [6.07, 6.45) is 34.2. The van der Waals surface area contributed by atoms with Crippen LogP contribution in [-0.2, 0) is 0 Å². The normalized spacial score (nSPS) is 13.8. The Bertz CT molecular complexity index is 426. The van der Waals surface area contributed by atoms with E-state index in [1.165, 1.54) is 6.08 Å². The molecule has 0 aliphatic rings. The van der Waals surface area contributed by atoms with Crippen LogP contribution >= 0.6 is 0 Å². The van der Waals surface area contributed by atoms with Crippen molar-refractivity contribution in [1.82, 2.24) is 0 Å². The highest BCUT2D eigenvalue weighted by Crippen LogP contribution is 1.86. The van der Waals surface area contributed by atoms with E-state index in [0.29, 0.717) is 0 Å². The highest BCUT2D eigenvalue weighted by Gasteiger charge is 1.64. The zero-order chi connectivity index (χ0) is 14.7. The smallest absolute Gasteiger partial charge is 0.0623 e. The van der Waals surface area contributed by atoms with Crippen molar-refractivity contribution in [3.63, 3.8) is 0 Å². The van der Waals surface area contributed by atoms with Gasteiger partial charge in [-0.05, 0) is 0 Å². The van der Waals surface area contributed by atoms with Gasteiger partial charge in [0, 0.05) is 0 Å². The van der Waals surface area contributed by atoms with E-state index in [-0.39, 0.29) is 0 Å². The lowest BCUT2D eigenvalue weighted by molar-refractivity contribution is 1.83. The minimum Gasteiger partial charge on any atom is -0.0991 e. The Labute approximate surface area is 123 Å². The van der Waals surface area contributed by atoms with E-state index in [1.54, 1.807) is 12.2 Å². The van der Waals surface area contributed by atoms with E-state index >= 15 is 0 Å². The lowest BCUT2D eigenvalue weighted by Gasteiger charge is -1.75. The van der Waals surface area contributed by atoms with Crippen LogP contribution in [0.3, 0.4) is 0 Å². The van der Waals surface area contributed by atoms with Gasteiger partial charge in [-0.25, -0.2) is 0 Å². The molecule has 0 spiro atoms. The number of rotatable bonds is 9. The zero-order valence-electron chi connectivity index (χ0n) is 11.7. The Morgan fingerprint density at radius 3 is 0.900 bits per heavy atom. The maximum Gasteiger partial charge on any atom is -0.0623 e. The molecule has 0 N–H and O–H groups in total. The molecule has 0 fully saturated rings. The second-order valence-corrected chi connectivity index (χ2v) is 3.51. The second kappa shape index (κ2) is 16.4. The Kier molecular flexibility index (Phi) is 14.3. The van der Waals surface area contributed by atoms with E-state index < -0.39 is 0 Å².